The zero-order valence-electron chi connectivity index (χ0n) is 41.1. The van der Waals surface area contributed by atoms with Gasteiger partial charge in [0.2, 0.25) is 0 Å². The second kappa shape index (κ2) is 47.9. The van der Waals surface area contributed by atoms with Gasteiger partial charge in [0.1, 0.15) is 12.7 Å². The molecule has 0 heterocycles. The number of aliphatic hydroxyl groups is 1. The van der Waals surface area contributed by atoms with Crippen LogP contribution in [0.4, 0.5) is 0 Å². The first-order valence-electron chi connectivity index (χ1n) is 25.1. The third-order valence-electron chi connectivity index (χ3n) is 10.0. The maximum atomic E-state index is 12.8. The number of esters is 3. The van der Waals surface area contributed by atoms with Gasteiger partial charge >= 0.3 is 25.7 Å². The summed E-state index contributed by atoms with van der Waals surface area (Å²) in [6.45, 7) is 4.24. The van der Waals surface area contributed by atoms with Gasteiger partial charge in [-0.25, -0.2) is 4.57 Å². The first-order valence-corrected chi connectivity index (χ1v) is 26.6. The molecule has 12 heteroatoms. The molecule has 0 spiro atoms. The molecule has 0 aliphatic heterocycles. The predicted octanol–water partition coefficient (Wildman–Crippen LogP) is 14.1. The van der Waals surface area contributed by atoms with Gasteiger partial charge in [-0.15, -0.1) is 0 Å². The topological polar surface area (TPSA) is 155 Å². The largest absolute Gasteiger partial charge is 0.472 e. The molecule has 0 saturated heterocycles. The molecule has 3 unspecified atom stereocenters. The van der Waals surface area contributed by atoms with Crippen LogP contribution in [0, 0.1) is 0 Å². The number of phosphoric ester groups is 1. The molecule has 66 heavy (non-hydrogen) atoms. The SMILES string of the molecule is CC/C=C\C/C=C\C/C=C\C/C=C\CCCCCCC(=O)OCC(COP(=O)(O)OCC(CO)OC(=O)CCCCCCCCCCC)OC(=O)CC/C=C\C/C=C\C/C=C\C/C=C\CC. The Morgan fingerprint density at radius 1 is 0.439 bits per heavy atom. The van der Waals surface area contributed by atoms with Crippen LogP contribution in [0.15, 0.2) is 97.2 Å². The molecule has 11 nitrogen and oxygen atoms in total. The fraction of sp³-hybridized carbons (Fsp3) is 0.648. The highest BCUT2D eigenvalue weighted by molar-refractivity contribution is 7.47. The van der Waals surface area contributed by atoms with Gasteiger partial charge in [0.15, 0.2) is 6.10 Å². The molecule has 0 amide bonds. The van der Waals surface area contributed by atoms with Crippen LogP contribution in [-0.2, 0) is 42.2 Å². The van der Waals surface area contributed by atoms with E-state index >= 15 is 0 Å². The van der Waals surface area contributed by atoms with E-state index in [1.165, 1.54) is 32.1 Å². The van der Waals surface area contributed by atoms with Crippen molar-refractivity contribution in [2.75, 3.05) is 26.4 Å². The van der Waals surface area contributed by atoms with Crippen molar-refractivity contribution in [3.05, 3.63) is 97.2 Å². The lowest BCUT2D eigenvalue weighted by Gasteiger charge is -2.21. The molecule has 0 aromatic carbocycles. The Morgan fingerprint density at radius 3 is 1.30 bits per heavy atom. The second-order valence-electron chi connectivity index (χ2n) is 16.2. The maximum absolute atomic E-state index is 12.8. The number of allylic oxidation sites excluding steroid dienone is 16. The highest BCUT2D eigenvalue weighted by Gasteiger charge is 2.28. The quantitative estimate of drug-likeness (QED) is 0.0197. The standard InChI is InChI=1S/C54H89O11P/c1-4-7-10-13-16-19-21-23-24-25-26-28-29-32-34-37-40-43-52(56)61-47-51(65-54(58)45-42-39-36-33-30-27-22-20-17-14-11-8-5-2)49-63-66(59,60)62-48-50(46-55)64-53(57)44-41-38-35-31-18-15-12-9-6-3/h7-8,10-11,16-17,19-20,23-24,26-28,30,36,39,50-51,55H,4-6,9,12-15,18,21-22,25,29,31-35,37-38,40-49H2,1-3H3,(H,59,60)/b10-7-,11-8-,19-16-,20-17-,24-23-,28-26-,30-27-,39-36-. The van der Waals surface area contributed by atoms with Crippen LogP contribution in [0.3, 0.4) is 0 Å². The number of hydrogen-bond donors (Lipinski definition) is 2. The Kier molecular flexibility index (Phi) is 45.3. The molecule has 0 saturated carbocycles. The summed E-state index contributed by atoms with van der Waals surface area (Å²) in [6.07, 6.45) is 54.1. The van der Waals surface area contributed by atoms with Crippen LogP contribution in [0.1, 0.15) is 188 Å². The zero-order chi connectivity index (χ0) is 48.4. The molecule has 0 aliphatic carbocycles. The number of ether oxygens (including phenoxy) is 3. The molecule has 3 atom stereocenters. The predicted molar refractivity (Wildman–Crippen MR) is 270 cm³/mol. The minimum Gasteiger partial charge on any atom is -0.462 e. The van der Waals surface area contributed by atoms with Gasteiger partial charge in [0.25, 0.3) is 0 Å². The van der Waals surface area contributed by atoms with Crippen molar-refractivity contribution in [3.63, 3.8) is 0 Å². The summed E-state index contributed by atoms with van der Waals surface area (Å²) < 4.78 is 39.1. The molecular weight excluding hydrogens is 856 g/mol. The van der Waals surface area contributed by atoms with E-state index < -0.39 is 57.8 Å². The van der Waals surface area contributed by atoms with Crippen molar-refractivity contribution in [3.8, 4) is 0 Å². The van der Waals surface area contributed by atoms with Crippen LogP contribution >= 0.6 is 7.82 Å². The number of hydrogen-bond acceptors (Lipinski definition) is 10. The number of carbonyl (C=O) groups is 3. The van der Waals surface area contributed by atoms with Gasteiger partial charge in [-0.3, -0.25) is 23.4 Å². The molecule has 0 fully saturated rings. The van der Waals surface area contributed by atoms with E-state index in [4.69, 9.17) is 23.3 Å². The van der Waals surface area contributed by atoms with Crippen LogP contribution in [-0.4, -0.2) is 66.5 Å². The van der Waals surface area contributed by atoms with Crippen LogP contribution in [0.2, 0.25) is 0 Å². The van der Waals surface area contributed by atoms with E-state index in [1.807, 2.05) is 12.2 Å². The second-order valence-corrected chi connectivity index (χ2v) is 17.7. The summed E-state index contributed by atoms with van der Waals surface area (Å²) >= 11 is 0. The third kappa shape index (κ3) is 45.6. The average Bonchev–Trinajstić information content (AvgIpc) is 3.30. The molecule has 0 aliphatic rings. The Balaban J connectivity index is 4.88. The van der Waals surface area contributed by atoms with Gasteiger partial charge in [-0.2, -0.15) is 0 Å². The van der Waals surface area contributed by atoms with Gasteiger partial charge in [-0.05, 0) is 83.5 Å². The van der Waals surface area contributed by atoms with Crippen molar-refractivity contribution in [2.24, 2.45) is 0 Å². The zero-order valence-corrected chi connectivity index (χ0v) is 42.0. The minimum atomic E-state index is -4.76. The maximum Gasteiger partial charge on any atom is 0.472 e. The van der Waals surface area contributed by atoms with Crippen molar-refractivity contribution >= 4 is 25.7 Å². The first-order chi connectivity index (χ1) is 32.2. The minimum absolute atomic E-state index is 0.0372. The molecule has 0 aromatic heterocycles. The fourth-order valence-electron chi connectivity index (χ4n) is 6.24. The number of unbranched alkanes of at least 4 members (excludes halogenated alkanes) is 12. The van der Waals surface area contributed by atoms with Gasteiger partial charge in [0, 0.05) is 19.3 Å². The van der Waals surface area contributed by atoms with Crippen molar-refractivity contribution in [2.45, 2.75) is 200 Å². The van der Waals surface area contributed by atoms with Crippen molar-refractivity contribution in [1.29, 1.82) is 0 Å². The molecule has 0 bridgehead atoms. The van der Waals surface area contributed by atoms with Crippen molar-refractivity contribution < 1.29 is 52.2 Å². The molecule has 0 rings (SSSR count). The Bertz CT molecular complexity index is 1480. The van der Waals surface area contributed by atoms with Crippen LogP contribution in [0.5, 0.6) is 0 Å². The van der Waals surface area contributed by atoms with E-state index in [0.29, 0.717) is 19.3 Å². The van der Waals surface area contributed by atoms with Crippen molar-refractivity contribution in [1.82, 2.24) is 0 Å². The summed E-state index contributed by atoms with van der Waals surface area (Å²) in [6, 6.07) is 0. The van der Waals surface area contributed by atoms with E-state index in [2.05, 4.69) is 106 Å². The Labute approximate surface area is 400 Å². The molecular formula is C54H89O11P. The van der Waals surface area contributed by atoms with Crippen LogP contribution < -0.4 is 0 Å². The van der Waals surface area contributed by atoms with E-state index in [0.717, 1.165) is 96.3 Å². The molecule has 376 valence electrons. The molecule has 0 radical (unpaired) electrons. The number of carbonyl (C=O) groups excluding carboxylic acids is 3. The molecule has 0 aromatic rings. The van der Waals surface area contributed by atoms with E-state index in [9.17, 15) is 28.9 Å². The molecule has 2 N–H and O–H groups in total. The Morgan fingerprint density at radius 2 is 0.818 bits per heavy atom. The summed E-state index contributed by atoms with van der Waals surface area (Å²) in [5, 5.41) is 9.73. The summed E-state index contributed by atoms with van der Waals surface area (Å²) in [5.41, 5.74) is 0. The number of aliphatic hydroxyl groups excluding tert-OH is 1. The van der Waals surface area contributed by atoms with E-state index in [1.54, 1.807) is 0 Å². The lowest BCUT2D eigenvalue weighted by Crippen LogP contribution is -2.30. The van der Waals surface area contributed by atoms with Gasteiger partial charge < -0.3 is 24.2 Å². The highest BCUT2D eigenvalue weighted by Crippen LogP contribution is 2.43. The number of rotatable bonds is 45. The summed E-state index contributed by atoms with van der Waals surface area (Å²) in [4.78, 5) is 48.1. The number of phosphoric acid groups is 1. The fourth-order valence-corrected chi connectivity index (χ4v) is 7.03. The van der Waals surface area contributed by atoms with E-state index in [-0.39, 0.29) is 25.9 Å². The summed E-state index contributed by atoms with van der Waals surface area (Å²) in [5.74, 6) is -1.60. The highest BCUT2D eigenvalue weighted by atomic mass is 31.2. The van der Waals surface area contributed by atoms with Gasteiger partial charge in [0.05, 0.1) is 19.8 Å². The van der Waals surface area contributed by atoms with Crippen LogP contribution in [0.25, 0.3) is 0 Å². The average molecular weight is 945 g/mol. The monoisotopic (exact) mass is 945 g/mol. The first kappa shape index (κ1) is 62.4. The van der Waals surface area contributed by atoms with Gasteiger partial charge in [-0.1, -0.05) is 182 Å². The lowest BCUT2D eigenvalue weighted by molar-refractivity contribution is -0.161. The lowest BCUT2D eigenvalue weighted by atomic mass is 10.1. The third-order valence-corrected chi connectivity index (χ3v) is 11.0. The normalized spacial score (nSPS) is 14.3. The summed E-state index contributed by atoms with van der Waals surface area (Å²) in [7, 11) is -4.76. The smallest absolute Gasteiger partial charge is 0.462 e. The Hall–Kier alpha value is -3.60.